The highest BCUT2D eigenvalue weighted by molar-refractivity contribution is 6.32. The van der Waals surface area contributed by atoms with E-state index >= 15 is 0 Å². The van der Waals surface area contributed by atoms with Gasteiger partial charge in [-0.3, -0.25) is 4.68 Å². The Balaban J connectivity index is 1.46. The summed E-state index contributed by atoms with van der Waals surface area (Å²) in [7, 11) is 0. The van der Waals surface area contributed by atoms with E-state index in [1.54, 1.807) is 6.20 Å². The summed E-state index contributed by atoms with van der Waals surface area (Å²) < 4.78 is 12.4. The van der Waals surface area contributed by atoms with Gasteiger partial charge in [0, 0.05) is 19.3 Å². The number of benzene rings is 1. The second kappa shape index (κ2) is 6.11. The van der Waals surface area contributed by atoms with Gasteiger partial charge in [0.1, 0.15) is 0 Å². The van der Waals surface area contributed by atoms with Crippen LogP contribution in [-0.2, 0) is 13.1 Å². The molecule has 0 amide bonds. The van der Waals surface area contributed by atoms with Crippen LogP contribution in [0.2, 0.25) is 5.02 Å². The van der Waals surface area contributed by atoms with Gasteiger partial charge in [0.2, 0.25) is 6.79 Å². The maximum Gasteiger partial charge on any atom is 0.231 e. The molecule has 0 radical (unpaired) electrons. The zero-order chi connectivity index (χ0) is 13.8. The highest BCUT2D eigenvalue weighted by Gasteiger charge is 2.17. The number of hydrogen-bond acceptors (Lipinski definition) is 5. The van der Waals surface area contributed by atoms with Crippen LogP contribution < -0.4 is 14.8 Å². The second-order valence-electron chi connectivity index (χ2n) is 4.51. The molecule has 0 saturated heterocycles. The number of aromatic nitrogens is 3. The molecule has 0 bridgehead atoms. The van der Waals surface area contributed by atoms with Crippen molar-refractivity contribution in [3.05, 3.63) is 35.1 Å². The van der Waals surface area contributed by atoms with Gasteiger partial charge in [-0.1, -0.05) is 16.8 Å². The van der Waals surface area contributed by atoms with Gasteiger partial charge in [-0.25, -0.2) is 0 Å². The second-order valence-corrected chi connectivity index (χ2v) is 4.92. The fraction of sp³-hybridized carbons (Fsp3) is 0.385. The van der Waals surface area contributed by atoms with Crippen LogP contribution in [0.3, 0.4) is 0 Å². The lowest BCUT2D eigenvalue weighted by atomic mass is 10.2. The molecule has 2 aromatic rings. The Hall–Kier alpha value is -1.79. The average molecular weight is 295 g/mol. The molecule has 2 heterocycles. The Kier molecular flexibility index (Phi) is 4.03. The molecule has 7 heteroatoms. The van der Waals surface area contributed by atoms with Crippen LogP contribution in [0, 0.1) is 0 Å². The summed E-state index contributed by atoms with van der Waals surface area (Å²) in [6.07, 6.45) is 4.53. The number of hydrogen-bond donors (Lipinski definition) is 1. The molecule has 0 spiro atoms. The summed E-state index contributed by atoms with van der Waals surface area (Å²) in [6.45, 7) is 2.73. The molecule has 0 fully saturated rings. The van der Waals surface area contributed by atoms with E-state index in [1.165, 1.54) is 0 Å². The molecule has 1 aliphatic heterocycles. The number of ether oxygens (including phenoxy) is 2. The molecule has 1 aromatic carbocycles. The summed E-state index contributed by atoms with van der Waals surface area (Å²) >= 11 is 6.13. The number of rotatable bonds is 6. The van der Waals surface area contributed by atoms with Crippen molar-refractivity contribution in [1.82, 2.24) is 20.3 Å². The summed E-state index contributed by atoms with van der Waals surface area (Å²) in [4.78, 5) is 0. The molecular formula is C13H15ClN4O2. The van der Waals surface area contributed by atoms with Gasteiger partial charge in [0.25, 0.3) is 0 Å². The smallest absolute Gasteiger partial charge is 0.231 e. The van der Waals surface area contributed by atoms with E-state index in [2.05, 4.69) is 15.6 Å². The molecule has 3 rings (SSSR count). The predicted molar refractivity (Wildman–Crippen MR) is 73.9 cm³/mol. The lowest BCUT2D eigenvalue weighted by Crippen LogP contribution is -2.16. The minimum Gasteiger partial charge on any atom is -0.454 e. The molecule has 20 heavy (non-hydrogen) atoms. The molecule has 1 N–H and O–H groups in total. The van der Waals surface area contributed by atoms with E-state index in [0.717, 1.165) is 37.4 Å². The van der Waals surface area contributed by atoms with Crippen LogP contribution in [0.4, 0.5) is 0 Å². The van der Waals surface area contributed by atoms with Crippen molar-refractivity contribution in [2.75, 3.05) is 13.3 Å². The fourth-order valence-electron chi connectivity index (χ4n) is 2.07. The topological polar surface area (TPSA) is 61.2 Å². The van der Waals surface area contributed by atoms with Crippen molar-refractivity contribution < 1.29 is 9.47 Å². The van der Waals surface area contributed by atoms with Gasteiger partial charge in [0.05, 0.1) is 11.2 Å². The Morgan fingerprint density at radius 1 is 1.35 bits per heavy atom. The van der Waals surface area contributed by atoms with Gasteiger partial charge in [0.15, 0.2) is 11.5 Å². The molecule has 106 valence electrons. The number of nitrogens with one attached hydrogen (secondary N) is 1. The number of fused-ring (bicyclic) bond motifs is 1. The monoisotopic (exact) mass is 294 g/mol. The molecule has 6 nitrogen and oxygen atoms in total. The normalized spacial score (nSPS) is 12.8. The van der Waals surface area contributed by atoms with Crippen molar-refractivity contribution in [3.63, 3.8) is 0 Å². The van der Waals surface area contributed by atoms with E-state index in [1.807, 2.05) is 23.0 Å². The van der Waals surface area contributed by atoms with E-state index in [0.29, 0.717) is 10.8 Å². The van der Waals surface area contributed by atoms with Crippen molar-refractivity contribution in [2.24, 2.45) is 0 Å². The van der Waals surface area contributed by atoms with Crippen LogP contribution in [0.1, 0.15) is 12.0 Å². The maximum atomic E-state index is 6.13. The van der Waals surface area contributed by atoms with E-state index in [-0.39, 0.29) is 6.79 Å². The lowest BCUT2D eigenvalue weighted by molar-refractivity contribution is 0.174. The molecule has 0 unspecified atom stereocenters. The van der Waals surface area contributed by atoms with Gasteiger partial charge in [-0.15, -0.1) is 5.10 Å². The lowest BCUT2D eigenvalue weighted by Gasteiger charge is -2.07. The Morgan fingerprint density at radius 2 is 2.30 bits per heavy atom. The molecule has 1 aliphatic rings. The average Bonchev–Trinajstić information content (AvgIpc) is 3.08. The zero-order valence-electron chi connectivity index (χ0n) is 10.9. The third-order valence-electron chi connectivity index (χ3n) is 3.03. The summed E-state index contributed by atoms with van der Waals surface area (Å²) in [5.41, 5.74) is 1.08. The van der Waals surface area contributed by atoms with Gasteiger partial charge in [-0.05, 0) is 30.7 Å². The van der Waals surface area contributed by atoms with Crippen LogP contribution in [0.25, 0.3) is 0 Å². The number of halogens is 1. The van der Waals surface area contributed by atoms with E-state index < -0.39 is 0 Å². The first kappa shape index (κ1) is 13.2. The first-order chi connectivity index (χ1) is 9.83. The quantitative estimate of drug-likeness (QED) is 0.824. The minimum atomic E-state index is 0.240. The SMILES string of the molecule is Clc1cc(CNCCCn2ccnn2)cc2c1OCO2. The first-order valence-corrected chi connectivity index (χ1v) is 6.83. The molecule has 1 aromatic heterocycles. The van der Waals surface area contributed by atoms with Crippen LogP contribution in [-0.4, -0.2) is 28.3 Å². The summed E-state index contributed by atoms with van der Waals surface area (Å²) in [5.74, 6) is 1.36. The maximum absolute atomic E-state index is 6.13. The predicted octanol–water partition coefficient (Wildman–Crippen LogP) is 1.84. The van der Waals surface area contributed by atoms with E-state index in [9.17, 15) is 0 Å². The Morgan fingerprint density at radius 3 is 3.15 bits per heavy atom. The number of nitrogens with zero attached hydrogens (tertiary/aromatic N) is 3. The van der Waals surface area contributed by atoms with Gasteiger partial charge >= 0.3 is 0 Å². The zero-order valence-corrected chi connectivity index (χ0v) is 11.6. The van der Waals surface area contributed by atoms with Crippen LogP contribution in [0.5, 0.6) is 11.5 Å². The molecule has 0 saturated carbocycles. The van der Waals surface area contributed by atoms with Gasteiger partial charge < -0.3 is 14.8 Å². The van der Waals surface area contributed by atoms with Crippen LogP contribution in [0.15, 0.2) is 24.5 Å². The Bertz CT molecular complexity index is 574. The first-order valence-electron chi connectivity index (χ1n) is 6.46. The van der Waals surface area contributed by atoms with Crippen molar-refractivity contribution >= 4 is 11.6 Å². The highest BCUT2D eigenvalue weighted by Crippen LogP contribution is 2.39. The Labute approximate surface area is 121 Å². The fourth-order valence-corrected chi connectivity index (χ4v) is 2.36. The summed E-state index contributed by atoms with van der Waals surface area (Å²) in [6, 6.07) is 3.86. The van der Waals surface area contributed by atoms with Crippen molar-refractivity contribution in [1.29, 1.82) is 0 Å². The minimum absolute atomic E-state index is 0.240. The third kappa shape index (κ3) is 3.02. The standard InChI is InChI=1S/C13H15ClN4O2/c14-11-6-10(7-12-13(11)20-9-19-12)8-15-2-1-4-18-5-3-16-17-18/h3,5-7,15H,1-2,4,8-9H2. The highest BCUT2D eigenvalue weighted by atomic mass is 35.5. The van der Waals surface area contributed by atoms with Crippen molar-refractivity contribution in [3.8, 4) is 11.5 Å². The van der Waals surface area contributed by atoms with E-state index in [4.69, 9.17) is 21.1 Å². The molecular weight excluding hydrogens is 280 g/mol. The largest absolute Gasteiger partial charge is 0.454 e. The van der Waals surface area contributed by atoms with Gasteiger partial charge in [-0.2, -0.15) is 0 Å². The van der Waals surface area contributed by atoms with Crippen LogP contribution >= 0.6 is 11.6 Å². The van der Waals surface area contributed by atoms with Crippen molar-refractivity contribution in [2.45, 2.75) is 19.5 Å². The molecule has 0 aliphatic carbocycles. The third-order valence-corrected chi connectivity index (χ3v) is 3.31. The number of aryl methyl sites for hydroxylation is 1. The summed E-state index contributed by atoms with van der Waals surface area (Å²) in [5, 5.41) is 11.6. The molecule has 0 atom stereocenters.